The quantitative estimate of drug-likeness (QED) is 0.755. The number of nitrogens with one attached hydrogen (secondary N) is 1. The van der Waals surface area contributed by atoms with E-state index in [2.05, 4.69) is 12.2 Å². The molecular formula is C14H24N2O2. The van der Waals surface area contributed by atoms with Crippen LogP contribution in [-0.4, -0.2) is 36.3 Å². The summed E-state index contributed by atoms with van der Waals surface area (Å²) < 4.78 is 0. The fourth-order valence-electron chi connectivity index (χ4n) is 2.48. The average molecular weight is 252 g/mol. The molecule has 0 bridgehead atoms. The summed E-state index contributed by atoms with van der Waals surface area (Å²) in [7, 11) is 0. The molecule has 4 nitrogen and oxygen atoms in total. The lowest BCUT2D eigenvalue weighted by molar-refractivity contribution is -0.136. The first-order chi connectivity index (χ1) is 8.72. The minimum atomic E-state index is 0.116. The molecule has 1 N–H and O–H groups in total. The second-order valence-corrected chi connectivity index (χ2v) is 5.52. The van der Waals surface area contributed by atoms with E-state index in [1.807, 2.05) is 4.90 Å². The second kappa shape index (κ2) is 6.21. The third-order valence-corrected chi connectivity index (χ3v) is 3.93. The standard InChI is InChI=1S/C14H24N2O2/c1-2-3-8-15-13(17)11-6-9-16(10-7-11)14(18)12-4-5-12/h11-12H,2-10H2,1H3,(H,15,17). The Labute approximate surface area is 109 Å². The van der Waals surface area contributed by atoms with Gasteiger partial charge in [-0.05, 0) is 32.1 Å². The molecule has 0 unspecified atom stereocenters. The van der Waals surface area contributed by atoms with Gasteiger partial charge in [-0.1, -0.05) is 13.3 Å². The normalized spacial score (nSPS) is 20.8. The molecule has 1 saturated carbocycles. The van der Waals surface area contributed by atoms with Crippen molar-refractivity contribution in [3.8, 4) is 0 Å². The lowest BCUT2D eigenvalue weighted by atomic mass is 9.95. The maximum Gasteiger partial charge on any atom is 0.225 e. The van der Waals surface area contributed by atoms with Crippen molar-refractivity contribution < 1.29 is 9.59 Å². The molecular weight excluding hydrogens is 228 g/mol. The maximum atomic E-state index is 11.9. The molecule has 2 aliphatic rings. The number of likely N-dealkylation sites (tertiary alicyclic amines) is 1. The van der Waals surface area contributed by atoms with Crippen LogP contribution in [0.2, 0.25) is 0 Å². The van der Waals surface area contributed by atoms with Gasteiger partial charge in [0.25, 0.3) is 0 Å². The Hall–Kier alpha value is -1.06. The summed E-state index contributed by atoms with van der Waals surface area (Å²) >= 11 is 0. The Bertz CT molecular complexity index is 305. The van der Waals surface area contributed by atoms with Crippen LogP contribution in [-0.2, 0) is 9.59 Å². The van der Waals surface area contributed by atoms with Crippen molar-refractivity contribution >= 4 is 11.8 Å². The average Bonchev–Trinajstić information content (AvgIpc) is 3.22. The van der Waals surface area contributed by atoms with Crippen LogP contribution in [0.3, 0.4) is 0 Å². The number of piperidine rings is 1. The van der Waals surface area contributed by atoms with Gasteiger partial charge in [-0.2, -0.15) is 0 Å². The van der Waals surface area contributed by atoms with Gasteiger partial charge in [0, 0.05) is 31.5 Å². The molecule has 18 heavy (non-hydrogen) atoms. The second-order valence-electron chi connectivity index (χ2n) is 5.52. The minimum absolute atomic E-state index is 0.116. The highest BCUT2D eigenvalue weighted by Gasteiger charge is 2.35. The Kier molecular flexibility index (Phi) is 4.61. The van der Waals surface area contributed by atoms with Crippen LogP contribution in [0, 0.1) is 11.8 Å². The van der Waals surface area contributed by atoms with Crippen molar-refractivity contribution in [2.45, 2.75) is 45.4 Å². The Morgan fingerprint density at radius 1 is 1.11 bits per heavy atom. The summed E-state index contributed by atoms with van der Waals surface area (Å²) in [6, 6.07) is 0. The number of carbonyl (C=O) groups is 2. The number of carbonyl (C=O) groups excluding carboxylic acids is 2. The zero-order chi connectivity index (χ0) is 13.0. The van der Waals surface area contributed by atoms with E-state index in [-0.39, 0.29) is 11.8 Å². The van der Waals surface area contributed by atoms with Crippen molar-refractivity contribution in [1.82, 2.24) is 10.2 Å². The number of hydrogen-bond donors (Lipinski definition) is 1. The molecule has 1 heterocycles. The Morgan fingerprint density at radius 2 is 1.78 bits per heavy atom. The number of nitrogens with zero attached hydrogens (tertiary/aromatic N) is 1. The van der Waals surface area contributed by atoms with Gasteiger partial charge in [-0.3, -0.25) is 9.59 Å². The highest BCUT2D eigenvalue weighted by Crippen LogP contribution is 2.32. The van der Waals surface area contributed by atoms with Gasteiger partial charge in [0.15, 0.2) is 0 Å². The van der Waals surface area contributed by atoms with Gasteiger partial charge in [0.1, 0.15) is 0 Å². The molecule has 0 aromatic rings. The van der Waals surface area contributed by atoms with E-state index in [1.54, 1.807) is 0 Å². The molecule has 2 rings (SSSR count). The van der Waals surface area contributed by atoms with Crippen molar-refractivity contribution in [2.75, 3.05) is 19.6 Å². The fraction of sp³-hybridized carbons (Fsp3) is 0.857. The van der Waals surface area contributed by atoms with E-state index in [1.165, 1.54) is 0 Å². The smallest absolute Gasteiger partial charge is 0.225 e. The SMILES string of the molecule is CCCCNC(=O)C1CCN(C(=O)C2CC2)CC1. The van der Waals surface area contributed by atoms with E-state index in [9.17, 15) is 9.59 Å². The van der Waals surface area contributed by atoms with Crippen LogP contribution in [0.5, 0.6) is 0 Å². The monoisotopic (exact) mass is 252 g/mol. The first-order valence-corrected chi connectivity index (χ1v) is 7.29. The number of unbranched alkanes of at least 4 members (excludes halogenated alkanes) is 1. The topological polar surface area (TPSA) is 49.4 Å². The van der Waals surface area contributed by atoms with Gasteiger partial charge < -0.3 is 10.2 Å². The molecule has 2 amide bonds. The third kappa shape index (κ3) is 3.47. The Morgan fingerprint density at radius 3 is 2.33 bits per heavy atom. The van der Waals surface area contributed by atoms with Crippen molar-refractivity contribution in [1.29, 1.82) is 0 Å². The van der Waals surface area contributed by atoms with E-state index >= 15 is 0 Å². The van der Waals surface area contributed by atoms with Crippen LogP contribution in [0.25, 0.3) is 0 Å². The molecule has 1 aliphatic heterocycles. The summed E-state index contributed by atoms with van der Waals surface area (Å²) in [5.74, 6) is 0.923. The summed E-state index contributed by atoms with van der Waals surface area (Å²) in [5, 5.41) is 2.99. The van der Waals surface area contributed by atoms with Gasteiger partial charge >= 0.3 is 0 Å². The minimum Gasteiger partial charge on any atom is -0.356 e. The van der Waals surface area contributed by atoms with Crippen molar-refractivity contribution in [3.05, 3.63) is 0 Å². The van der Waals surface area contributed by atoms with Gasteiger partial charge in [-0.15, -0.1) is 0 Å². The summed E-state index contributed by atoms with van der Waals surface area (Å²) in [6.07, 6.45) is 5.94. The third-order valence-electron chi connectivity index (χ3n) is 3.93. The van der Waals surface area contributed by atoms with Crippen LogP contribution in [0.15, 0.2) is 0 Å². The zero-order valence-electron chi connectivity index (χ0n) is 11.3. The van der Waals surface area contributed by atoms with Crippen LogP contribution in [0.4, 0.5) is 0 Å². The van der Waals surface area contributed by atoms with E-state index in [0.717, 1.165) is 58.2 Å². The predicted molar refractivity (Wildman–Crippen MR) is 69.9 cm³/mol. The number of amides is 2. The first kappa shape index (κ1) is 13.4. The lowest BCUT2D eigenvalue weighted by Crippen LogP contribution is -2.43. The largest absolute Gasteiger partial charge is 0.356 e. The molecule has 2 fully saturated rings. The van der Waals surface area contributed by atoms with Crippen LogP contribution < -0.4 is 5.32 Å². The molecule has 102 valence electrons. The van der Waals surface area contributed by atoms with Gasteiger partial charge in [0.05, 0.1) is 0 Å². The molecule has 1 saturated heterocycles. The first-order valence-electron chi connectivity index (χ1n) is 7.29. The number of hydrogen-bond acceptors (Lipinski definition) is 2. The molecule has 0 radical (unpaired) electrons. The fourth-order valence-corrected chi connectivity index (χ4v) is 2.48. The molecule has 1 aliphatic carbocycles. The lowest BCUT2D eigenvalue weighted by Gasteiger charge is -2.31. The van der Waals surface area contributed by atoms with Crippen molar-refractivity contribution in [2.24, 2.45) is 11.8 Å². The van der Waals surface area contributed by atoms with Gasteiger partial charge in [0.2, 0.25) is 11.8 Å². The molecule has 0 aromatic heterocycles. The van der Waals surface area contributed by atoms with E-state index in [4.69, 9.17) is 0 Å². The van der Waals surface area contributed by atoms with E-state index in [0.29, 0.717) is 11.8 Å². The maximum absolute atomic E-state index is 11.9. The van der Waals surface area contributed by atoms with Gasteiger partial charge in [-0.25, -0.2) is 0 Å². The van der Waals surface area contributed by atoms with Crippen LogP contribution >= 0.6 is 0 Å². The predicted octanol–water partition coefficient (Wildman–Crippen LogP) is 1.55. The highest BCUT2D eigenvalue weighted by atomic mass is 16.2. The van der Waals surface area contributed by atoms with Crippen LogP contribution in [0.1, 0.15) is 45.4 Å². The summed E-state index contributed by atoms with van der Waals surface area (Å²) in [6.45, 7) is 4.44. The van der Waals surface area contributed by atoms with E-state index < -0.39 is 0 Å². The summed E-state index contributed by atoms with van der Waals surface area (Å²) in [4.78, 5) is 25.7. The number of rotatable bonds is 5. The molecule has 0 spiro atoms. The molecule has 4 heteroatoms. The Balaban J connectivity index is 1.68. The zero-order valence-corrected chi connectivity index (χ0v) is 11.3. The molecule has 0 atom stereocenters. The van der Waals surface area contributed by atoms with Crippen molar-refractivity contribution in [3.63, 3.8) is 0 Å². The molecule has 0 aromatic carbocycles. The highest BCUT2D eigenvalue weighted by molar-refractivity contribution is 5.82. The summed E-state index contributed by atoms with van der Waals surface area (Å²) in [5.41, 5.74) is 0.